The van der Waals surface area contributed by atoms with E-state index in [0.29, 0.717) is 6.41 Å². The summed E-state index contributed by atoms with van der Waals surface area (Å²) in [6, 6.07) is 7.76. The number of nitrogens with one attached hydrogen (secondary N) is 1. The van der Waals surface area contributed by atoms with Crippen molar-refractivity contribution in [1.82, 2.24) is 5.32 Å². The lowest BCUT2D eigenvalue weighted by Gasteiger charge is -2.14. The number of carbonyl (C=O) groups excluding carboxylic acids is 1. The second-order valence-electron chi connectivity index (χ2n) is 3.75. The molecular formula is C12H17NO2. The van der Waals surface area contributed by atoms with Gasteiger partial charge in [0.1, 0.15) is 5.75 Å². The quantitative estimate of drug-likeness (QED) is 0.752. The Morgan fingerprint density at radius 1 is 1.33 bits per heavy atom. The Hall–Kier alpha value is -1.51. The highest BCUT2D eigenvalue weighted by Crippen LogP contribution is 2.19. The summed E-state index contributed by atoms with van der Waals surface area (Å²) in [4.78, 5) is 10.3. The molecule has 1 atom stereocenters. The first kappa shape index (κ1) is 11.6. The molecule has 0 saturated carbocycles. The molecule has 0 radical (unpaired) electrons. The topological polar surface area (TPSA) is 38.3 Å². The summed E-state index contributed by atoms with van der Waals surface area (Å²) in [5, 5.41) is 2.71. The molecule has 0 heterocycles. The normalized spacial score (nSPS) is 12.3. The first-order valence-corrected chi connectivity index (χ1v) is 5.09. The summed E-state index contributed by atoms with van der Waals surface area (Å²) in [6.45, 7) is 5.91. The molecule has 1 N–H and O–H groups in total. The zero-order chi connectivity index (χ0) is 11.3. The Morgan fingerprint density at radius 3 is 2.67 bits per heavy atom. The third kappa shape index (κ3) is 3.62. The molecule has 1 rings (SSSR count). The molecule has 0 aliphatic heterocycles. The van der Waals surface area contributed by atoms with Gasteiger partial charge >= 0.3 is 0 Å². The van der Waals surface area contributed by atoms with Gasteiger partial charge in [0.25, 0.3) is 0 Å². The first-order valence-electron chi connectivity index (χ1n) is 5.09. The van der Waals surface area contributed by atoms with Crippen molar-refractivity contribution in [1.29, 1.82) is 0 Å². The highest BCUT2D eigenvalue weighted by Gasteiger charge is 2.05. The lowest BCUT2D eigenvalue weighted by molar-refractivity contribution is -0.110. The molecule has 0 bridgehead atoms. The predicted octanol–water partition coefficient (Wildman–Crippen LogP) is 2.28. The van der Waals surface area contributed by atoms with Crippen LogP contribution in [0.15, 0.2) is 24.3 Å². The number of amides is 1. The molecule has 0 saturated heterocycles. The summed E-state index contributed by atoms with van der Waals surface area (Å²) in [6.07, 6.45) is 0.871. The maximum Gasteiger partial charge on any atom is 0.207 e. The van der Waals surface area contributed by atoms with Crippen LogP contribution in [0.2, 0.25) is 0 Å². The van der Waals surface area contributed by atoms with Gasteiger partial charge in [0.2, 0.25) is 6.41 Å². The molecule has 15 heavy (non-hydrogen) atoms. The Bertz CT molecular complexity index is 323. The number of benzene rings is 1. The number of ether oxygens (including phenoxy) is 1. The van der Waals surface area contributed by atoms with Crippen molar-refractivity contribution in [2.24, 2.45) is 0 Å². The molecular weight excluding hydrogens is 190 g/mol. The summed E-state index contributed by atoms with van der Waals surface area (Å²) in [5.74, 6) is 0.835. The lowest BCUT2D eigenvalue weighted by atomic mass is 10.1. The van der Waals surface area contributed by atoms with Crippen molar-refractivity contribution in [3.63, 3.8) is 0 Å². The molecule has 3 nitrogen and oxygen atoms in total. The molecule has 0 aliphatic rings. The largest absolute Gasteiger partial charge is 0.491 e. The van der Waals surface area contributed by atoms with E-state index in [-0.39, 0.29) is 12.1 Å². The Labute approximate surface area is 90.4 Å². The van der Waals surface area contributed by atoms with Gasteiger partial charge < -0.3 is 10.1 Å². The van der Waals surface area contributed by atoms with Crippen LogP contribution in [0.1, 0.15) is 32.4 Å². The second-order valence-corrected chi connectivity index (χ2v) is 3.75. The van der Waals surface area contributed by atoms with Crippen LogP contribution in [0, 0.1) is 0 Å². The smallest absolute Gasteiger partial charge is 0.207 e. The van der Waals surface area contributed by atoms with Gasteiger partial charge in [-0.15, -0.1) is 0 Å². The highest BCUT2D eigenvalue weighted by molar-refractivity contribution is 5.48. The van der Waals surface area contributed by atoms with E-state index in [1.54, 1.807) is 0 Å². The van der Waals surface area contributed by atoms with Gasteiger partial charge in [-0.3, -0.25) is 4.79 Å². The van der Waals surface area contributed by atoms with Crippen molar-refractivity contribution in [3.8, 4) is 5.75 Å². The Kier molecular flexibility index (Phi) is 4.16. The Morgan fingerprint density at radius 2 is 2.07 bits per heavy atom. The van der Waals surface area contributed by atoms with Crippen LogP contribution < -0.4 is 10.1 Å². The third-order valence-corrected chi connectivity index (χ3v) is 2.05. The van der Waals surface area contributed by atoms with Gasteiger partial charge in [-0.1, -0.05) is 12.1 Å². The van der Waals surface area contributed by atoms with E-state index < -0.39 is 0 Å². The van der Waals surface area contributed by atoms with Crippen molar-refractivity contribution >= 4 is 6.41 Å². The first-order chi connectivity index (χ1) is 7.13. The van der Waals surface area contributed by atoms with Crippen LogP contribution in [0.25, 0.3) is 0 Å². The van der Waals surface area contributed by atoms with Crippen LogP contribution in [0.3, 0.4) is 0 Å². The monoisotopic (exact) mass is 207 g/mol. The fourth-order valence-corrected chi connectivity index (χ4v) is 1.33. The van der Waals surface area contributed by atoms with Crippen molar-refractivity contribution in [2.45, 2.75) is 32.9 Å². The standard InChI is InChI=1S/C12H17NO2/c1-9(2)15-12-6-4-5-11(7-12)10(3)13-8-14/h4-10H,1-3H3,(H,13,14). The average Bonchev–Trinajstić information content (AvgIpc) is 2.17. The van der Waals surface area contributed by atoms with Crippen molar-refractivity contribution < 1.29 is 9.53 Å². The SMILES string of the molecule is CC(C)Oc1cccc(C(C)NC=O)c1. The van der Waals surface area contributed by atoms with Gasteiger partial charge in [-0.05, 0) is 38.5 Å². The third-order valence-electron chi connectivity index (χ3n) is 2.05. The van der Waals surface area contributed by atoms with E-state index in [2.05, 4.69) is 5.32 Å². The molecule has 0 aliphatic carbocycles. The van der Waals surface area contributed by atoms with Crippen molar-refractivity contribution in [3.05, 3.63) is 29.8 Å². The summed E-state index contributed by atoms with van der Waals surface area (Å²) in [5.41, 5.74) is 1.04. The zero-order valence-electron chi connectivity index (χ0n) is 9.36. The average molecular weight is 207 g/mol. The fraction of sp³-hybridized carbons (Fsp3) is 0.417. The molecule has 1 aromatic rings. The molecule has 82 valence electrons. The Balaban J connectivity index is 2.77. The number of rotatable bonds is 5. The maximum atomic E-state index is 10.3. The minimum Gasteiger partial charge on any atom is -0.491 e. The molecule has 1 unspecified atom stereocenters. The molecule has 1 aromatic carbocycles. The van der Waals surface area contributed by atoms with Crippen LogP contribution >= 0.6 is 0 Å². The fourth-order valence-electron chi connectivity index (χ4n) is 1.33. The molecule has 1 amide bonds. The minimum absolute atomic E-state index is 0.0122. The van der Waals surface area contributed by atoms with E-state index in [9.17, 15) is 4.79 Å². The maximum absolute atomic E-state index is 10.3. The summed E-state index contributed by atoms with van der Waals surface area (Å²) in [7, 11) is 0. The predicted molar refractivity (Wildman–Crippen MR) is 59.8 cm³/mol. The second kappa shape index (κ2) is 5.39. The van der Waals surface area contributed by atoms with Gasteiger partial charge in [0.05, 0.1) is 12.1 Å². The molecule has 0 spiro atoms. The van der Waals surface area contributed by atoms with E-state index in [1.807, 2.05) is 45.0 Å². The lowest BCUT2D eigenvalue weighted by Crippen LogP contribution is -2.16. The van der Waals surface area contributed by atoms with Gasteiger partial charge in [0, 0.05) is 0 Å². The number of carbonyl (C=O) groups is 1. The molecule has 3 heteroatoms. The summed E-state index contributed by atoms with van der Waals surface area (Å²) >= 11 is 0. The van der Waals surface area contributed by atoms with Gasteiger partial charge in [0.15, 0.2) is 0 Å². The summed E-state index contributed by atoms with van der Waals surface area (Å²) < 4.78 is 5.57. The van der Waals surface area contributed by atoms with E-state index in [1.165, 1.54) is 0 Å². The minimum atomic E-state index is 0.0122. The zero-order valence-corrected chi connectivity index (χ0v) is 9.36. The van der Waals surface area contributed by atoms with Crippen LogP contribution in [-0.4, -0.2) is 12.5 Å². The molecule has 0 aromatic heterocycles. The van der Waals surface area contributed by atoms with E-state index in [0.717, 1.165) is 11.3 Å². The van der Waals surface area contributed by atoms with Crippen LogP contribution in [0.4, 0.5) is 0 Å². The van der Waals surface area contributed by atoms with Gasteiger partial charge in [-0.2, -0.15) is 0 Å². The highest BCUT2D eigenvalue weighted by atomic mass is 16.5. The molecule has 0 fully saturated rings. The van der Waals surface area contributed by atoms with E-state index >= 15 is 0 Å². The van der Waals surface area contributed by atoms with E-state index in [4.69, 9.17) is 4.74 Å². The van der Waals surface area contributed by atoms with Crippen LogP contribution in [0.5, 0.6) is 5.75 Å². The van der Waals surface area contributed by atoms with Crippen molar-refractivity contribution in [2.75, 3.05) is 0 Å². The van der Waals surface area contributed by atoms with Gasteiger partial charge in [-0.25, -0.2) is 0 Å². The number of hydrogen-bond donors (Lipinski definition) is 1. The number of hydrogen-bond acceptors (Lipinski definition) is 2. The van der Waals surface area contributed by atoms with Crippen LogP contribution in [-0.2, 0) is 4.79 Å².